The molecule has 1 N–H and O–H groups in total. The van der Waals surface area contributed by atoms with E-state index >= 15 is 0 Å². The van der Waals surface area contributed by atoms with Crippen LogP contribution in [-0.2, 0) is 7.05 Å². The van der Waals surface area contributed by atoms with Gasteiger partial charge in [0.15, 0.2) is 0 Å². The predicted molar refractivity (Wildman–Crippen MR) is 43.2 cm³/mol. The first-order chi connectivity index (χ1) is 5.66. The lowest BCUT2D eigenvalue weighted by Gasteiger charge is -2.12. The zero-order valence-corrected chi connectivity index (χ0v) is 7.14. The average Bonchev–Trinajstić information content (AvgIpc) is 2.38. The Morgan fingerprint density at radius 1 is 1.83 bits per heavy atom. The molecule has 0 saturated heterocycles. The van der Waals surface area contributed by atoms with Gasteiger partial charge < -0.3 is 5.11 Å². The van der Waals surface area contributed by atoms with Crippen LogP contribution in [0.2, 0.25) is 0 Å². The standard InChI is InChI=1S/C4H7N5O2S/c1-8-3(5-6-7-8)9(2-12)4(10)11/h12H,2H2,1H3,(H,10,11). The minimum absolute atomic E-state index is 0.0174. The monoisotopic (exact) mass is 189 g/mol. The van der Waals surface area contributed by atoms with Crippen molar-refractivity contribution in [3.05, 3.63) is 0 Å². The molecule has 12 heavy (non-hydrogen) atoms. The van der Waals surface area contributed by atoms with E-state index in [2.05, 4.69) is 28.2 Å². The Bertz CT molecular complexity index is 287. The summed E-state index contributed by atoms with van der Waals surface area (Å²) in [6, 6.07) is 0. The second-order valence-corrected chi connectivity index (χ2v) is 2.24. The number of aromatic nitrogens is 4. The third kappa shape index (κ3) is 1.47. The fourth-order valence-corrected chi connectivity index (χ4v) is 0.910. The zero-order valence-electron chi connectivity index (χ0n) is 6.25. The maximum atomic E-state index is 10.5. The van der Waals surface area contributed by atoms with E-state index in [0.29, 0.717) is 0 Å². The Kier molecular flexibility index (Phi) is 2.48. The van der Waals surface area contributed by atoms with Crippen LogP contribution in [0.4, 0.5) is 10.7 Å². The Morgan fingerprint density at radius 2 is 2.50 bits per heavy atom. The molecule has 7 nitrogen and oxygen atoms in total. The third-order valence-corrected chi connectivity index (χ3v) is 1.49. The summed E-state index contributed by atoms with van der Waals surface area (Å²) in [6.45, 7) is 0. The minimum Gasteiger partial charge on any atom is -0.465 e. The topological polar surface area (TPSA) is 84.1 Å². The summed E-state index contributed by atoms with van der Waals surface area (Å²) in [5, 5.41) is 18.9. The molecule has 0 aromatic carbocycles. The van der Waals surface area contributed by atoms with Gasteiger partial charge in [0, 0.05) is 7.05 Å². The summed E-state index contributed by atoms with van der Waals surface area (Å²) >= 11 is 3.82. The van der Waals surface area contributed by atoms with E-state index in [4.69, 9.17) is 5.11 Å². The molecule has 1 rings (SSSR count). The number of thiol groups is 1. The highest BCUT2D eigenvalue weighted by Gasteiger charge is 2.17. The third-order valence-electron chi connectivity index (χ3n) is 1.21. The molecule has 0 saturated carbocycles. The van der Waals surface area contributed by atoms with Crippen LogP contribution >= 0.6 is 12.6 Å². The van der Waals surface area contributed by atoms with Gasteiger partial charge in [0.25, 0.3) is 5.95 Å². The lowest BCUT2D eigenvalue weighted by Crippen LogP contribution is -2.30. The van der Waals surface area contributed by atoms with E-state index in [1.54, 1.807) is 7.05 Å². The first-order valence-corrected chi connectivity index (χ1v) is 3.63. The summed E-state index contributed by atoms with van der Waals surface area (Å²) < 4.78 is 1.25. The summed E-state index contributed by atoms with van der Waals surface area (Å²) in [6.07, 6.45) is -1.14. The van der Waals surface area contributed by atoms with Crippen molar-refractivity contribution in [3.8, 4) is 0 Å². The van der Waals surface area contributed by atoms with Gasteiger partial charge in [0.1, 0.15) is 0 Å². The zero-order chi connectivity index (χ0) is 9.14. The Hall–Kier alpha value is -1.31. The highest BCUT2D eigenvalue weighted by Crippen LogP contribution is 2.06. The van der Waals surface area contributed by atoms with Crippen molar-refractivity contribution >= 4 is 24.7 Å². The predicted octanol–water partition coefficient (Wildman–Crippen LogP) is -0.418. The number of tetrazole rings is 1. The van der Waals surface area contributed by atoms with Crippen LogP contribution in [0, 0.1) is 0 Å². The van der Waals surface area contributed by atoms with Crippen LogP contribution in [-0.4, -0.2) is 37.3 Å². The van der Waals surface area contributed by atoms with Crippen molar-refractivity contribution in [2.24, 2.45) is 7.05 Å². The molecule has 1 amide bonds. The fourth-order valence-electron chi connectivity index (χ4n) is 0.663. The van der Waals surface area contributed by atoms with Crippen molar-refractivity contribution in [1.29, 1.82) is 0 Å². The van der Waals surface area contributed by atoms with Crippen molar-refractivity contribution < 1.29 is 9.90 Å². The van der Waals surface area contributed by atoms with Gasteiger partial charge in [0.2, 0.25) is 0 Å². The van der Waals surface area contributed by atoms with Gasteiger partial charge in [-0.3, -0.25) is 0 Å². The second-order valence-electron chi connectivity index (χ2n) is 1.95. The molecule has 1 aromatic rings. The number of rotatable bonds is 2. The molecule has 0 aliphatic heterocycles. The smallest absolute Gasteiger partial charge is 0.415 e. The van der Waals surface area contributed by atoms with Crippen molar-refractivity contribution in [2.75, 3.05) is 10.8 Å². The molecule has 0 aliphatic carbocycles. The Morgan fingerprint density at radius 3 is 2.83 bits per heavy atom. The van der Waals surface area contributed by atoms with Gasteiger partial charge >= 0.3 is 6.09 Å². The molecule has 0 unspecified atom stereocenters. The number of nitrogens with zero attached hydrogens (tertiary/aromatic N) is 5. The fraction of sp³-hybridized carbons (Fsp3) is 0.500. The molecule has 8 heteroatoms. The first-order valence-electron chi connectivity index (χ1n) is 3.00. The number of hydrogen-bond donors (Lipinski definition) is 2. The van der Waals surface area contributed by atoms with E-state index < -0.39 is 6.09 Å². The molecule has 1 heterocycles. The van der Waals surface area contributed by atoms with E-state index in [0.717, 1.165) is 4.90 Å². The maximum Gasteiger partial charge on any atom is 0.415 e. The van der Waals surface area contributed by atoms with Gasteiger partial charge in [-0.15, -0.1) is 0 Å². The highest BCUT2D eigenvalue weighted by molar-refractivity contribution is 7.80. The second kappa shape index (κ2) is 3.39. The Labute approximate surface area is 73.4 Å². The Balaban J connectivity index is 2.94. The number of anilines is 1. The largest absolute Gasteiger partial charge is 0.465 e. The lowest BCUT2D eigenvalue weighted by atomic mass is 10.8. The van der Waals surface area contributed by atoms with Gasteiger partial charge in [0.05, 0.1) is 5.88 Å². The van der Waals surface area contributed by atoms with Crippen LogP contribution in [0.15, 0.2) is 0 Å². The van der Waals surface area contributed by atoms with Crippen LogP contribution in [0.25, 0.3) is 0 Å². The molecule has 0 fully saturated rings. The lowest BCUT2D eigenvalue weighted by molar-refractivity contribution is 0.202. The van der Waals surface area contributed by atoms with Gasteiger partial charge in [-0.05, 0) is 10.4 Å². The number of carboxylic acid groups (broad SMARTS) is 1. The number of aryl methyl sites for hydroxylation is 1. The van der Waals surface area contributed by atoms with Crippen LogP contribution < -0.4 is 4.90 Å². The van der Waals surface area contributed by atoms with E-state index in [9.17, 15) is 4.79 Å². The van der Waals surface area contributed by atoms with Crippen LogP contribution in [0.1, 0.15) is 0 Å². The van der Waals surface area contributed by atoms with Crippen LogP contribution in [0.5, 0.6) is 0 Å². The minimum atomic E-state index is -1.14. The first kappa shape index (κ1) is 8.78. The van der Waals surface area contributed by atoms with E-state index in [1.807, 2.05) is 0 Å². The normalized spacial score (nSPS) is 9.83. The SMILES string of the molecule is Cn1nnnc1N(CS)C(=O)O. The summed E-state index contributed by atoms with van der Waals surface area (Å²) in [5.74, 6) is 0.168. The average molecular weight is 189 g/mol. The van der Waals surface area contributed by atoms with Crippen molar-refractivity contribution in [1.82, 2.24) is 20.2 Å². The summed E-state index contributed by atoms with van der Waals surface area (Å²) in [5.41, 5.74) is 0. The molecule has 1 aromatic heterocycles. The molecule has 0 bridgehead atoms. The molecule has 0 spiro atoms. The van der Waals surface area contributed by atoms with Gasteiger partial charge in [-0.2, -0.15) is 12.6 Å². The molecular formula is C4H7N5O2S. The van der Waals surface area contributed by atoms with E-state index in [-0.39, 0.29) is 11.8 Å². The van der Waals surface area contributed by atoms with Crippen molar-refractivity contribution in [3.63, 3.8) is 0 Å². The molecule has 0 aliphatic rings. The van der Waals surface area contributed by atoms with Crippen LogP contribution in [0.3, 0.4) is 0 Å². The number of carbonyl (C=O) groups is 1. The summed E-state index contributed by atoms with van der Waals surface area (Å²) in [4.78, 5) is 11.5. The molecular weight excluding hydrogens is 182 g/mol. The van der Waals surface area contributed by atoms with Gasteiger partial charge in [-0.25, -0.2) is 14.4 Å². The maximum absolute atomic E-state index is 10.5. The van der Waals surface area contributed by atoms with E-state index in [1.165, 1.54) is 4.68 Å². The quantitative estimate of drug-likeness (QED) is 0.487. The number of hydrogen-bond acceptors (Lipinski definition) is 5. The molecule has 0 atom stereocenters. The molecule has 0 radical (unpaired) electrons. The molecule has 66 valence electrons. The van der Waals surface area contributed by atoms with Gasteiger partial charge in [-0.1, -0.05) is 5.10 Å². The number of amides is 1. The van der Waals surface area contributed by atoms with Crippen molar-refractivity contribution in [2.45, 2.75) is 0 Å². The summed E-state index contributed by atoms with van der Waals surface area (Å²) in [7, 11) is 1.55. The highest BCUT2D eigenvalue weighted by atomic mass is 32.1.